The summed E-state index contributed by atoms with van der Waals surface area (Å²) in [5, 5.41) is 0. The summed E-state index contributed by atoms with van der Waals surface area (Å²) in [6.07, 6.45) is 1.81. The van der Waals surface area contributed by atoms with Gasteiger partial charge in [-0.25, -0.2) is 0 Å². The Labute approximate surface area is 84.6 Å². The molecule has 90 valence electrons. The molecule has 1 aliphatic heterocycles. The molecule has 0 aliphatic carbocycles. The SMILES string of the molecule is CN1CCCC1=O.O=S(=O)(O)C(F)(F)F. The van der Waals surface area contributed by atoms with E-state index in [-0.39, 0.29) is 0 Å². The van der Waals surface area contributed by atoms with Crippen LogP contribution in [0.15, 0.2) is 0 Å². The molecule has 1 saturated heterocycles. The van der Waals surface area contributed by atoms with Crippen LogP contribution in [0.2, 0.25) is 0 Å². The molecule has 1 aliphatic rings. The van der Waals surface area contributed by atoms with Crippen LogP contribution in [0.4, 0.5) is 13.2 Å². The summed E-state index contributed by atoms with van der Waals surface area (Å²) >= 11 is 0. The van der Waals surface area contributed by atoms with Gasteiger partial charge in [0.05, 0.1) is 0 Å². The van der Waals surface area contributed by atoms with Crippen molar-refractivity contribution in [3.05, 3.63) is 0 Å². The van der Waals surface area contributed by atoms with Gasteiger partial charge in [0.1, 0.15) is 0 Å². The summed E-state index contributed by atoms with van der Waals surface area (Å²) < 4.78 is 57.5. The van der Waals surface area contributed by atoms with E-state index in [1.54, 1.807) is 4.90 Å². The van der Waals surface area contributed by atoms with E-state index in [9.17, 15) is 18.0 Å². The molecule has 1 rings (SSSR count). The lowest BCUT2D eigenvalue weighted by Gasteiger charge is -2.03. The Bertz CT molecular complexity index is 324. The Morgan fingerprint density at radius 3 is 1.87 bits per heavy atom. The van der Waals surface area contributed by atoms with Gasteiger partial charge in [-0.3, -0.25) is 9.35 Å². The zero-order valence-corrected chi connectivity index (χ0v) is 8.60. The van der Waals surface area contributed by atoms with Crippen molar-refractivity contribution >= 4 is 16.0 Å². The first-order valence-corrected chi connectivity index (χ1v) is 5.27. The minimum Gasteiger partial charge on any atom is -0.346 e. The number of hydrogen-bond acceptors (Lipinski definition) is 3. The predicted molar refractivity (Wildman–Crippen MR) is 44.5 cm³/mol. The highest BCUT2D eigenvalue weighted by atomic mass is 32.2. The topological polar surface area (TPSA) is 74.7 Å². The fourth-order valence-corrected chi connectivity index (χ4v) is 0.783. The van der Waals surface area contributed by atoms with Crippen molar-refractivity contribution in [3.63, 3.8) is 0 Å². The average molecular weight is 249 g/mol. The summed E-state index contributed by atoms with van der Waals surface area (Å²) in [5.74, 6) is 0.292. The minimum atomic E-state index is -5.84. The molecule has 0 bridgehead atoms. The molecule has 0 aromatic carbocycles. The minimum absolute atomic E-state index is 0.292. The number of amides is 1. The second-order valence-electron chi connectivity index (χ2n) is 2.84. The predicted octanol–water partition coefficient (Wildman–Crippen LogP) is 0.633. The van der Waals surface area contributed by atoms with Crippen molar-refractivity contribution in [2.24, 2.45) is 0 Å². The Hall–Kier alpha value is -0.830. The van der Waals surface area contributed by atoms with Crippen LogP contribution in [0.5, 0.6) is 0 Å². The molecule has 1 N–H and O–H groups in total. The van der Waals surface area contributed by atoms with Crippen molar-refractivity contribution < 1.29 is 30.9 Å². The molecular weight excluding hydrogens is 239 g/mol. The third-order valence-corrected chi connectivity index (χ3v) is 2.19. The van der Waals surface area contributed by atoms with Gasteiger partial charge in [-0.05, 0) is 6.42 Å². The lowest BCUT2D eigenvalue weighted by molar-refractivity contribution is -0.126. The fraction of sp³-hybridized carbons (Fsp3) is 0.833. The van der Waals surface area contributed by atoms with E-state index in [0.29, 0.717) is 5.91 Å². The first-order chi connectivity index (χ1) is 6.55. The normalized spacial score (nSPS) is 17.4. The molecule has 1 heterocycles. The van der Waals surface area contributed by atoms with Gasteiger partial charge in [0.15, 0.2) is 0 Å². The molecule has 15 heavy (non-hydrogen) atoms. The maximum absolute atomic E-state index is 10.7. The van der Waals surface area contributed by atoms with Crippen molar-refractivity contribution in [3.8, 4) is 0 Å². The summed E-state index contributed by atoms with van der Waals surface area (Å²) in [6.45, 7) is 0.957. The molecule has 0 aromatic rings. The van der Waals surface area contributed by atoms with Crippen LogP contribution in [0.25, 0.3) is 0 Å². The third-order valence-electron chi connectivity index (χ3n) is 1.60. The monoisotopic (exact) mass is 249 g/mol. The number of rotatable bonds is 0. The Kier molecular flexibility index (Phi) is 4.53. The van der Waals surface area contributed by atoms with Gasteiger partial charge < -0.3 is 4.90 Å². The van der Waals surface area contributed by atoms with Crippen LogP contribution in [0.1, 0.15) is 12.8 Å². The van der Waals surface area contributed by atoms with Crippen LogP contribution in [0.3, 0.4) is 0 Å². The molecular formula is C6H10F3NO4S. The number of hydrogen-bond donors (Lipinski definition) is 1. The van der Waals surface area contributed by atoms with Crippen molar-refractivity contribution in [1.82, 2.24) is 4.90 Å². The first kappa shape index (κ1) is 14.2. The molecule has 0 radical (unpaired) electrons. The number of nitrogens with zero attached hydrogens (tertiary/aromatic N) is 1. The smallest absolute Gasteiger partial charge is 0.346 e. The summed E-state index contributed by atoms with van der Waals surface area (Å²) in [5.41, 5.74) is -5.53. The highest BCUT2D eigenvalue weighted by molar-refractivity contribution is 7.86. The van der Waals surface area contributed by atoms with E-state index in [1.807, 2.05) is 7.05 Å². The zero-order valence-electron chi connectivity index (χ0n) is 7.78. The summed E-state index contributed by atoms with van der Waals surface area (Å²) in [4.78, 5) is 12.3. The number of carbonyl (C=O) groups excluding carboxylic acids is 1. The molecule has 0 atom stereocenters. The lowest BCUT2D eigenvalue weighted by atomic mass is 10.4. The number of halogens is 3. The number of carbonyl (C=O) groups is 1. The fourth-order valence-electron chi connectivity index (χ4n) is 0.783. The van der Waals surface area contributed by atoms with E-state index >= 15 is 0 Å². The molecule has 5 nitrogen and oxygen atoms in total. The molecule has 0 saturated carbocycles. The van der Waals surface area contributed by atoms with Crippen LogP contribution < -0.4 is 0 Å². The summed E-state index contributed by atoms with van der Waals surface area (Å²) in [7, 11) is -4.00. The molecule has 0 aromatic heterocycles. The maximum atomic E-state index is 10.7. The van der Waals surface area contributed by atoms with Gasteiger partial charge in [-0.15, -0.1) is 0 Å². The zero-order chi connectivity index (χ0) is 12.3. The maximum Gasteiger partial charge on any atom is 0.522 e. The first-order valence-electron chi connectivity index (χ1n) is 3.83. The third kappa shape index (κ3) is 4.98. The highest BCUT2D eigenvalue weighted by Gasteiger charge is 2.44. The van der Waals surface area contributed by atoms with Gasteiger partial charge in [-0.1, -0.05) is 0 Å². The number of alkyl halides is 3. The van der Waals surface area contributed by atoms with Crippen LogP contribution >= 0.6 is 0 Å². The van der Waals surface area contributed by atoms with E-state index < -0.39 is 15.6 Å². The quantitative estimate of drug-likeness (QED) is 0.504. The van der Waals surface area contributed by atoms with Gasteiger partial charge in [0, 0.05) is 20.0 Å². The van der Waals surface area contributed by atoms with Crippen LogP contribution in [0, 0.1) is 0 Å². The van der Waals surface area contributed by atoms with Crippen molar-refractivity contribution in [2.75, 3.05) is 13.6 Å². The van der Waals surface area contributed by atoms with Gasteiger partial charge in [0.25, 0.3) is 0 Å². The average Bonchev–Trinajstić information content (AvgIpc) is 2.33. The molecule has 0 unspecified atom stereocenters. The number of likely N-dealkylation sites (tertiary alicyclic amines) is 1. The lowest BCUT2D eigenvalue weighted by Crippen LogP contribution is -2.21. The largest absolute Gasteiger partial charge is 0.522 e. The molecule has 1 fully saturated rings. The van der Waals surface area contributed by atoms with Crippen molar-refractivity contribution in [2.45, 2.75) is 18.3 Å². The Balaban J connectivity index is 0.000000262. The van der Waals surface area contributed by atoms with Crippen LogP contribution in [-0.2, 0) is 14.9 Å². The molecule has 0 spiro atoms. The Morgan fingerprint density at radius 1 is 1.40 bits per heavy atom. The second kappa shape index (κ2) is 4.79. The van der Waals surface area contributed by atoms with E-state index in [0.717, 1.165) is 19.4 Å². The van der Waals surface area contributed by atoms with Crippen LogP contribution in [-0.4, -0.2) is 42.9 Å². The van der Waals surface area contributed by atoms with Gasteiger partial charge >= 0.3 is 15.6 Å². The molecule has 1 amide bonds. The van der Waals surface area contributed by atoms with E-state index in [4.69, 9.17) is 13.0 Å². The Morgan fingerprint density at radius 2 is 1.80 bits per heavy atom. The van der Waals surface area contributed by atoms with Crippen molar-refractivity contribution in [1.29, 1.82) is 0 Å². The molecule has 9 heteroatoms. The van der Waals surface area contributed by atoms with Gasteiger partial charge in [-0.2, -0.15) is 21.6 Å². The van der Waals surface area contributed by atoms with E-state index in [1.165, 1.54) is 0 Å². The van der Waals surface area contributed by atoms with E-state index in [2.05, 4.69) is 0 Å². The standard InChI is InChI=1S/C5H9NO.CHF3O3S/c1-6-4-2-3-5(6)7;2-1(3,4)8(5,6)7/h2-4H2,1H3;(H,5,6,7). The summed E-state index contributed by atoms with van der Waals surface area (Å²) in [6, 6.07) is 0. The highest BCUT2D eigenvalue weighted by Crippen LogP contribution is 2.20. The second-order valence-corrected chi connectivity index (χ2v) is 4.25. The van der Waals surface area contributed by atoms with Gasteiger partial charge in [0.2, 0.25) is 5.91 Å².